The molecule has 0 heterocycles. The van der Waals surface area contributed by atoms with E-state index < -0.39 is 14.1 Å². The minimum Gasteiger partial charge on any atom is -0.0934 e. The van der Waals surface area contributed by atoms with Gasteiger partial charge in [-0.2, -0.15) is 0 Å². The van der Waals surface area contributed by atoms with Crippen LogP contribution < -0.4 is 0 Å². The second-order valence-electron chi connectivity index (χ2n) is 7.10. The third-order valence-corrected chi connectivity index (χ3v) is 8.70. The highest BCUT2D eigenvalue weighted by Gasteiger charge is 2.28. The molecule has 1 heteroatoms. The van der Waals surface area contributed by atoms with Gasteiger partial charge in [-0.05, 0) is 11.8 Å². The molecule has 0 aliphatic heterocycles. The van der Waals surface area contributed by atoms with Gasteiger partial charge in [0.2, 0.25) is 0 Å². The van der Waals surface area contributed by atoms with Gasteiger partial charge in [-0.25, -0.2) is 0 Å². The van der Waals surface area contributed by atoms with E-state index in [-0.39, 0.29) is 0 Å². The molecule has 1 aliphatic carbocycles. The molecule has 0 N–H and O–H groups in total. The van der Waals surface area contributed by atoms with E-state index in [4.69, 9.17) is 0 Å². The molecule has 0 aromatic rings. The summed E-state index contributed by atoms with van der Waals surface area (Å²) in [4.78, 5) is 0. The molecule has 0 aromatic heterocycles. The first-order valence-corrected chi connectivity index (χ1v) is 10.4. The molecule has 0 bridgehead atoms. The van der Waals surface area contributed by atoms with Gasteiger partial charge >= 0.3 is 0 Å². The zero-order valence-corrected chi connectivity index (χ0v) is 13.8. The topological polar surface area (TPSA) is 0 Å². The van der Waals surface area contributed by atoms with E-state index in [9.17, 15) is 0 Å². The molecule has 0 radical (unpaired) electrons. The Morgan fingerprint density at radius 2 is 1.29 bits per heavy atom. The van der Waals surface area contributed by atoms with Gasteiger partial charge in [0.15, 0.2) is 0 Å². The normalized spacial score (nSPS) is 18.0. The van der Waals surface area contributed by atoms with Gasteiger partial charge < -0.3 is 0 Å². The monoisotopic (exact) mass is 252 g/mol. The molecule has 0 spiro atoms. The SMILES string of the molecule is CC(C)C[CH2][Al]([CH2]CC(C)C)[CH]1CCCCC1. The standard InChI is InChI=1S/C6H11.2C5H11.Al/c1-2-4-6-5-3-1;2*1-4-5(2)3;/h1H,2-6H2;2*5H,1,4H2,2-3H3;. The molecule has 0 unspecified atom stereocenters. The second kappa shape index (κ2) is 8.60. The maximum atomic E-state index is 2.40. The summed E-state index contributed by atoms with van der Waals surface area (Å²) in [5.41, 5.74) is 0. The van der Waals surface area contributed by atoms with Crippen molar-refractivity contribution in [3.8, 4) is 0 Å². The van der Waals surface area contributed by atoms with E-state index in [0.29, 0.717) is 0 Å². The fourth-order valence-corrected chi connectivity index (χ4v) is 8.15. The second-order valence-corrected chi connectivity index (χ2v) is 10.7. The molecular weight excluding hydrogens is 219 g/mol. The zero-order chi connectivity index (χ0) is 12.7. The van der Waals surface area contributed by atoms with E-state index in [1.54, 1.807) is 23.4 Å². The van der Waals surface area contributed by atoms with Gasteiger partial charge in [0.1, 0.15) is 0 Å². The lowest BCUT2D eigenvalue weighted by atomic mass is 10.0. The number of hydrogen-bond donors (Lipinski definition) is 0. The summed E-state index contributed by atoms with van der Waals surface area (Å²) in [6.45, 7) is 9.59. The highest BCUT2D eigenvalue weighted by Crippen LogP contribution is 2.36. The van der Waals surface area contributed by atoms with Crippen LogP contribution in [-0.4, -0.2) is 14.1 Å². The Morgan fingerprint density at radius 1 is 0.824 bits per heavy atom. The van der Waals surface area contributed by atoms with Crippen molar-refractivity contribution >= 4 is 14.1 Å². The summed E-state index contributed by atoms with van der Waals surface area (Å²) in [5.74, 6) is 1.85. The lowest BCUT2D eigenvalue weighted by Crippen LogP contribution is -2.23. The maximum absolute atomic E-state index is 2.40. The van der Waals surface area contributed by atoms with Crippen LogP contribution in [0.4, 0.5) is 0 Å². The first-order valence-electron chi connectivity index (χ1n) is 8.09. The smallest absolute Gasteiger partial charge is 0.0934 e. The van der Waals surface area contributed by atoms with Crippen LogP contribution in [0.15, 0.2) is 0 Å². The first-order chi connectivity index (χ1) is 8.09. The van der Waals surface area contributed by atoms with Crippen LogP contribution in [0, 0.1) is 11.8 Å². The van der Waals surface area contributed by atoms with Crippen molar-refractivity contribution in [3.05, 3.63) is 0 Å². The van der Waals surface area contributed by atoms with Gasteiger partial charge in [-0.3, -0.25) is 0 Å². The van der Waals surface area contributed by atoms with Crippen LogP contribution >= 0.6 is 0 Å². The van der Waals surface area contributed by atoms with Crippen LogP contribution in [0.2, 0.25) is 15.3 Å². The summed E-state index contributed by atoms with van der Waals surface area (Å²) in [5, 5.41) is 3.27. The number of rotatable bonds is 7. The van der Waals surface area contributed by atoms with Crippen molar-refractivity contribution in [3.63, 3.8) is 0 Å². The van der Waals surface area contributed by atoms with Crippen LogP contribution in [0.5, 0.6) is 0 Å². The van der Waals surface area contributed by atoms with Crippen molar-refractivity contribution in [2.45, 2.75) is 88.0 Å². The zero-order valence-electron chi connectivity index (χ0n) is 12.7. The molecule has 0 nitrogen and oxygen atoms in total. The minimum absolute atomic E-state index is 0.427. The van der Waals surface area contributed by atoms with Crippen molar-refractivity contribution in [2.75, 3.05) is 0 Å². The molecule has 17 heavy (non-hydrogen) atoms. The molecule has 1 aliphatic rings. The van der Waals surface area contributed by atoms with Crippen LogP contribution in [0.1, 0.15) is 72.6 Å². The third-order valence-electron chi connectivity index (χ3n) is 4.55. The van der Waals surface area contributed by atoms with E-state index in [0.717, 1.165) is 11.8 Å². The Balaban J connectivity index is 2.38. The fourth-order valence-electron chi connectivity index (χ4n) is 3.32. The van der Waals surface area contributed by atoms with Gasteiger partial charge in [-0.1, -0.05) is 88.0 Å². The first kappa shape index (κ1) is 15.6. The molecule has 0 atom stereocenters. The molecule has 0 amide bonds. The van der Waals surface area contributed by atoms with Crippen molar-refractivity contribution < 1.29 is 0 Å². The van der Waals surface area contributed by atoms with E-state index in [1.165, 1.54) is 36.9 Å². The van der Waals surface area contributed by atoms with Crippen molar-refractivity contribution in [1.29, 1.82) is 0 Å². The van der Waals surface area contributed by atoms with Crippen molar-refractivity contribution in [1.82, 2.24) is 0 Å². The van der Waals surface area contributed by atoms with Gasteiger partial charge in [0.05, 0.1) is 0 Å². The Morgan fingerprint density at radius 3 is 1.71 bits per heavy atom. The molecule has 0 saturated heterocycles. The Hall–Kier alpha value is 0.532. The van der Waals surface area contributed by atoms with Crippen LogP contribution in [-0.2, 0) is 0 Å². The molecule has 1 saturated carbocycles. The average molecular weight is 252 g/mol. The van der Waals surface area contributed by atoms with E-state index in [1.807, 2.05) is 0 Å². The average Bonchev–Trinajstić information content (AvgIpc) is 2.29. The fraction of sp³-hybridized carbons (Fsp3) is 1.00. The van der Waals surface area contributed by atoms with Crippen LogP contribution in [0.25, 0.3) is 0 Å². The molecular formula is C16H33Al. The van der Waals surface area contributed by atoms with Gasteiger partial charge in [-0.15, -0.1) is 0 Å². The minimum atomic E-state index is -0.427. The lowest BCUT2D eigenvalue weighted by molar-refractivity contribution is 0.488. The molecule has 100 valence electrons. The van der Waals surface area contributed by atoms with Gasteiger partial charge in [0, 0.05) is 0 Å². The predicted octanol–water partition coefficient (Wildman–Crippen LogP) is 5.91. The van der Waals surface area contributed by atoms with E-state index >= 15 is 0 Å². The van der Waals surface area contributed by atoms with Crippen molar-refractivity contribution in [2.24, 2.45) is 11.8 Å². The highest BCUT2D eigenvalue weighted by atomic mass is 27.2. The Bertz CT molecular complexity index is 168. The summed E-state index contributed by atoms with van der Waals surface area (Å²) in [6.07, 6.45) is 10.8. The number of hydrogen-bond acceptors (Lipinski definition) is 0. The summed E-state index contributed by atoms with van der Waals surface area (Å²) in [7, 11) is 0. The quantitative estimate of drug-likeness (QED) is 0.494. The highest BCUT2D eigenvalue weighted by molar-refractivity contribution is 6.60. The largest absolute Gasteiger partial charge is 0.265 e. The Kier molecular flexibility index (Phi) is 7.89. The molecule has 1 fully saturated rings. The summed E-state index contributed by atoms with van der Waals surface area (Å²) < 4.78 is 1.21. The predicted molar refractivity (Wildman–Crippen MR) is 81.1 cm³/mol. The van der Waals surface area contributed by atoms with Gasteiger partial charge in [0.25, 0.3) is 14.1 Å². The maximum Gasteiger partial charge on any atom is 0.265 e. The third kappa shape index (κ3) is 6.88. The Labute approximate surface area is 114 Å². The lowest BCUT2D eigenvalue weighted by Gasteiger charge is -2.28. The molecule has 1 rings (SSSR count). The van der Waals surface area contributed by atoms with E-state index in [2.05, 4.69) is 27.7 Å². The summed E-state index contributed by atoms with van der Waals surface area (Å²) >= 11 is -0.427. The summed E-state index contributed by atoms with van der Waals surface area (Å²) in [6, 6.07) is 0. The molecule has 0 aromatic carbocycles. The van der Waals surface area contributed by atoms with Crippen LogP contribution in [0.3, 0.4) is 0 Å².